The lowest BCUT2D eigenvalue weighted by Crippen LogP contribution is -2.42. The van der Waals surface area contributed by atoms with Crippen LogP contribution in [0, 0.1) is 5.82 Å². The molecule has 0 N–H and O–H groups in total. The van der Waals surface area contributed by atoms with E-state index in [2.05, 4.69) is 18.3 Å². The third kappa shape index (κ3) is 5.52. The number of allylic oxidation sites excluding steroid dienone is 1. The average molecular weight is 602 g/mol. The SMILES string of the molecule is C=CCCCS(=O)(=O)N(C)c1nn(Cc2ccc(F)cc2OCC=C)c(=O)c2c(OC)c3n(c12)[C@@H](C)CN(CC)C3=O. The molecule has 1 amide bonds. The van der Waals surface area contributed by atoms with Gasteiger partial charge in [-0.2, -0.15) is 0 Å². The Morgan fingerprint density at radius 3 is 2.62 bits per heavy atom. The van der Waals surface area contributed by atoms with Crippen molar-refractivity contribution in [1.29, 1.82) is 0 Å². The minimum Gasteiger partial charge on any atom is -0.493 e. The maximum Gasteiger partial charge on any atom is 0.280 e. The fourth-order valence-electron chi connectivity index (χ4n) is 5.17. The van der Waals surface area contributed by atoms with E-state index in [0.717, 1.165) is 8.99 Å². The second-order valence-corrected chi connectivity index (χ2v) is 12.1. The highest BCUT2D eigenvalue weighted by Crippen LogP contribution is 2.41. The Hall–Kier alpha value is -4.13. The summed E-state index contributed by atoms with van der Waals surface area (Å²) in [5.41, 5.74) is 0.170. The number of likely N-dealkylation sites (N-methyl/N-ethyl adjacent to an activating group) is 1. The van der Waals surface area contributed by atoms with Gasteiger partial charge in [-0.3, -0.25) is 13.9 Å². The highest BCUT2D eigenvalue weighted by atomic mass is 32.2. The van der Waals surface area contributed by atoms with Crippen molar-refractivity contribution >= 4 is 32.7 Å². The molecule has 1 aliphatic rings. The molecule has 3 aromatic rings. The number of halogens is 1. The lowest BCUT2D eigenvalue weighted by atomic mass is 10.2. The fourth-order valence-corrected chi connectivity index (χ4v) is 6.36. The van der Waals surface area contributed by atoms with Gasteiger partial charge in [0, 0.05) is 37.8 Å². The molecule has 2 aromatic heterocycles. The van der Waals surface area contributed by atoms with Crippen LogP contribution in [0.25, 0.3) is 10.9 Å². The lowest BCUT2D eigenvalue weighted by molar-refractivity contribution is 0.0685. The molecular formula is C29H36FN5O6S. The first-order chi connectivity index (χ1) is 20.0. The number of benzene rings is 1. The molecule has 0 aliphatic carbocycles. The zero-order valence-electron chi connectivity index (χ0n) is 24.3. The zero-order valence-corrected chi connectivity index (χ0v) is 25.1. The number of nitrogens with zero attached hydrogens (tertiary/aromatic N) is 5. The van der Waals surface area contributed by atoms with Crippen LogP contribution in [0.4, 0.5) is 10.2 Å². The summed E-state index contributed by atoms with van der Waals surface area (Å²) in [5, 5.41) is 4.58. The molecule has 0 saturated carbocycles. The molecule has 0 bridgehead atoms. The number of fused-ring (bicyclic) bond motifs is 3. The van der Waals surface area contributed by atoms with E-state index in [0.29, 0.717) is 31.5 Å². The second kappa shape index (κ2) is 12.4. The number of hydrogen-bond donors (Lipinski definition) is 0. The molecule has 42 heavy (non-hydrogen) atoms. The van der Waals surface area contributed by atoms with E-state index in [4.69, 9.17) is 9.47 Å². The summed E-state index contributed by atoms with van der Waals surface area (Å²) in [6.07, 6.45) is 3.99. The van der Waals surface area contributed by atoms with Crippen molar-refractivity contribution in [2.24, 2.45) is 0 Å². The summed E-state index contributed by atoms with van der Waals surface area (Å²) in [6.45, 7) is 11.7. The third-order valence-electron chi connectivity index (χ3n) is 7.27. The van der Waals surface area contributed by atoms with Crippen molar-refractivity contribution < 1.29 is 27.1 Å². The summed E-state index contributed by atoms with van der Waals surface area (Å²) >= 11 is 0. The molecule has 0 spiro atoms. The smallest absolute Gasteiger partial charge is 0.280 e. The molecule has 0 radical (unpaired) electrons. The van der Waals surface area contributed by atoms with Gasteiger partial charge in [-0.05, 0) is 32.8 Å². The van der Waals surface area contributed by atoms with Crippen LogP contribution in [0.2, 0.25) is 0 Å². The second-order valence-electron chi connectivity index (χ2n) is 10.0. The molecule has 226 valence electrons. The molecule has 4 rings (SSSR count). The average Bonchev–Trinajstić information content (AvgIpc) is 3.32. The topological polar surface area (TPSA) is 116 Å². The van der Waals surface area contributed by atoms with Gasteiger partial charge < -0.3 is 18.9 Å². The molecule has 1 aliphatic heterocycles. The minimum absolute atomic E-state index is 0.0273. The number of sulfonamides is 1. The number of unbranched alkanes of at least 4 members (excludes halogenated alkanes) is 1. The summed E-state index contributed by atoms with van der Waals surface area (Å²) in [7, 11) is -1.17. The zero-order chi connectivity index (χ0) is 30.8. The van der Waals surface area contributed by atoms with Crippen molar-refractivity contribution in [3.63, 3.8) is 0 Å². The van der Waals surface area contributed by atoms with Crippen molar-refractivity contribution in [2.45, 2.75) is 39.3 Å². The largest absolute Gasteiger partial charge is 0.493 e. The highest BCUT2D eigenvalue weighted by Gasteiger charge is 2.38. The Kier molecular flexibility index (Phi) is 9.09. The Morgan fingerprint density at radius 2 is 1.98 bits per heavy atom. The Morgan fingerprint density at radius 1 is 1.24 bits per heavy atom. The van der Waals surface area contributed by atoms with E-state index in [1.54, 1.807) is 15.5 Å². The van der Waals surface area contributed by atoms with E-state index >= 15 is 0 Å². The van der Waals surface area contributed by atoms with E-state index in [1.165, 1.54) is 38.4 Å². The highest BCUT2D eigenvalue weighted by molar-refractivity contribution is 7.92. The van der Waals surface area contributed by atoms with Gasteiger partial charge in [0.2, 0.25) is 10.0 Å². The van der Waals surface area contributed by atoms with Gasteiger partial charge in [0.15, 0.2) is 17.3 Å². The summed E-state index contributed by atoms with van der Waals surface area (Å²) in [6, 6.07) is 3.58. The van der Waals surface area contributed by atoms with Gasteiger partial charge in [-0.25, -0.2) is 17.5 Å². The number of carbonyl (C=O) groups is 1. The molecular weight excluding hydrogens is 565 g/mol. The molecule has 1 atom stereocenters. The van der Waals surface area contributed by atoms with Gasteiger partial charge in [-0.15, -0.1) is 11.7 Å². The van der Waals surface area contributed by atoms with Crippen LogP contribution in [0.3, 0.4) is 0 Å². The van der Waals surface area contributed by atoms with E-state index in [9.17, 15) is 22.4 Å². The predicted molar refractivity (Wildman–Crippen MR) is 160 cm³/mol. The van der Waals surface area contributed by atoms with Crippen LogP contribution < -0.4 is 19.3 Å². The van der Waals surface area contributed by atoms with Crippen molar-refractivity contribution in [2.75, 3.05) is 43.9 Å². The first-order valence-corrected chi connectivity index (χ1v) is 15.2. The van der Waals surface area contributed by atoms with Gasteiger partial charge in [-0.1, -0.05) is 24.8 Å². The molecule has 1 aromatic carbocycles. The number of methoxy groups -OCH3 is 1. The van der Waals surface area contributed by atoms with Gasteiger partial charge in [0.1, 0.15) is 29.1 Å². The maximum atomic E-state index is 14.1. The lowest BCUT2D eigenvalue weighted by Gasteiger charge is -2.33. The number of anilines is 1. The van der Waals surface area contributed by atoms with Crippen molar-refractivity contribution in [1.82, 2.24) is 19.2 Å². The predicted octanol–water partition coefficient (Wildman–Crippen LogP) is 3.73. The Bertz CT molecular complexity index is 1700. The number of aromatic nitrogens is 3. The van der Waals surface area contributed by atoms with Crippen LogP contribution in [0.1, 0.15) is 48.8 Å². The van der Waals surface area contributed by atoms with Crippen molar-refractivity contribution in [3.8, 4) is 11.5 Å². The van der Waals surface area contributed by atoms with Crippen LogP contribution in [-0.2, 0) is 16.6 Å². The summed E-state index contributed by atoms with van der Waals surface area (Å²) in [4.78, 5) is 29.3. The first kappa shape index (κ1) is 30.8. The quantitative estimate of drug-likeness (QED) is 0.217. The van der Waals surface area contributed by atoms with Gasteiger partial charge in [0.25, 0.3) is 11.5 Å². The van der Waals surface area contributed by atoms with Crippen LogP contribution in [0.5, 0.6) is 11.5 Å². The number of rotatable bonds is 13. The van der Waals surface area contributed by atoms with E-state index in [-0.39, 0.29) is 64.8 Å². The van der Waals surface area contributed by atoms with E-state index < -0.39 is 21.4 Å². The maximum absolute atomic E-state index is 14.1. The van der Waals surface area contributed by atoms with Crippen LogP contribution in [0.15, 0.2) is 48.3 Å². The molecule has 13 heteroatoms. The Balaban J connectivity index is 2.03. The normalized spacial score (nSPS) is 15.0. The number of hydrogen-bond acceptors (Lipinski definition) is 7. The van der Waals surface area contributed by atoms with Crippen LogP contribution >= 0.6 is 0 Å². The number of ether oxygens (including phenoxy) is 2. The molecule has 0 saturated heterocycles. The number of amides is 1. The molecule has 0 unspecified atom stereocenters. The van der Waals surface area contributed by atoms with Gasteiger partial charge in [0.05, 0.1) is 19.4 Å². The van der Waals surface area contributed by atoms with E-state index in [1.807, 2.05) is 13.8 Å². The van der Waals surface area contributed by atoms with Crippen molar-refractivity contribution in [3.05, 3.63) is 70.9 Å². The molecule has 11 nitrogen and oxygen atoms in total. The fraction of sp³-hybridized carbons (Fsp3) is 0.414. The molecule has 3 heterocycles. The number of carbonyl (C=O) groups excluding carboxylic acids is 1. The summed E-state index contributed by atoms with van der Waals surface area (Å²) < 4.78 is 56.1. The Labute approximate surface area is 244 Å². The first-order valence-electron chi connectivity index (χ1n) is 13.6. The standard InChI is InChI=1S/C29H36FN5O6S/c1-7-10-11-15-42(38,39)32(5)27-24-23(26(40-6)25-29(37)33(9-3)17-19(4)35(24)25)28(36)34(31-27)18-20-12-13-21(30)16-22(20)41-14-8-2/h7-8,12-13,16,19H,1-2,9-11,14-15,17-18H2,3-6H3/t19-/m0/s1. The molecule has 0 fully saturated rings. The summed E-state index contributed by atoms with van der Waals surface area (Å²) in [5.74, 6) is -0.862. The van der Waals surface area contributed by atoms with Crippen LogP contribution in [-0.4, -0.2) is 73.2 Å². The third-order valence-corrected chi connectivity index (χ3v) is 9.08. The van der Waals surface area contributed by atoms with Gasteiger partial charge >= 0.3 is 0 Å². The minimum atomic E-state index is -3.90. The monoisotopic (exact) mass is 601 g/mol.